The fourth-order valence-corrected chi connectivity index (χ4v) is 2.76. The van der Waals surface area contributed by atoms with Crippen molar-refractivity contribution in [3.63, 3.8) is 0 Å². The number of phenolic OH excluding ortho intramolecular Hbond substituents is 1. The zero-order chi connectivity index (χ0) is 18.7. The largest absolute Gasteiger partial charge is 0.504 e. The Balaban J connectivity index is 1.80. The van der Waals surface area contributed by atoms with Gasteiger partial charge in [-0.05, 0) is 54.6 Å². The van der Waals surface area contributed by atoms with Crippen molar-refractivity contribution in [2.45, 2.75) is 0 Å². The molecule has 1 N–H and O–H groups in total. The van der Waals surface area contributed by atoms with Crippen molar-refractivity contribution in [2.75, 3.05) is 7.11 Å². The first-order valence-corrected chi connectivity index (χ1v) is 8.39. The highest BCUT2D eigenvalue weighted by Crippen LogP contribution is 2.34. The van der Waals surface area contributed by atoms with E-state index in [1.54, 1.807) is 36.4 Å². The molecule has 0 aliphatic rings. The van der Waals surface area contributed by atoms with Crippen LogP contribution in [0.5, 0.6) is 11.5 Å². The Kier molecular flexibility index (Phi) is 5.35. The number of aromatic hydroxyl groups is 1. The summed E-state index contributed by atoms with van der Waals surface area (Å²) >= 11 is 12.2. The lowest BCUT2D eigenvalue weighted by Crippen LogP contribution is -1.95. The summed E-state index contributed by atoms with van der Waals surface area (Å²) in [5.74, 6) is 1.01. The monoisotopic (exact) mass is 388 g/mol. The highest BCUT2D eigenvalue weighted by atomic mass is 35.5. The first-order chi connectivity index (χ1) is 12.5. The summed E-state index contributed by atoms with van der Waals surface area (Å²) in [4.78, 5) is 12.3. The number of furan rings is 1. The van der Waals surface area contributed by atoms with Gasteiger partial charge in [0.05, 0.1) is 17.2 Å². The van der Waals surface area contributed by atoms with Crippen LogP contribution in [0.2, 0.25) is 10.0 Å². The second-order valence-corrected chi connectivity index (χ2v) is 6.17. The molecule has 1 heterocycles. The topological polar surface area (TPSA) is 59.7 Å². The van der Waals surface area contributed by atoms with E-state index in [0.29, 0.717) is 32.7 Å². The lowest BCUT2D eigenvalue weighted by Gasteiger charge is -2.04. The van der Waals surface area contributed by atoms with Gasteiger partial charge in [0.15, 0.2) is 17.3 Å². The van der Waals surface area contributed by atoms with Gasteiger partial charge in [-0.2, -0.15) is 0 Å². The summed E-state index contributed by atoms with van der Waals surface area (Å²) in [6, 6.07) is 13.2. The molecule has 26 heavy (non-hydrogen) atoms. The lowest BCUT2D eigenvalue weighted by atomic mass is 10.1. The molecule has 0 unspecified atom stereocenters. The third-order valence-corrected chi connectivity index (χ3v) is 4.53. The van der Waals surface area contributed by atoms with Gasteiger partial charge >= 0.3 is 0 Å². The van der Waals surface area contributed by atoms with Gasteiger partial charge in [0.1, 0.15) is 11.5 Å². The number of allylic oxidation sites excluding steroid dienone is 1. The summed E-state index contributed by atoms with van der Waals surface area (Å²) in [5, 5.41) is 10.4. The molecule has 0 bridgehead atoms. The number of hydrogen-bond acceptors (Lipinski definition) is 4. The standard InChI is InChI=1S/C20H14Cl2O4/c1-25-19-11-12(5-8-17(19)24)16(23)9-6-13-7-10-18(26-13)14-3-2-4-15(21)20(14)22/h2-11,24H,1H3/b9-6+. The van der Waals surface area contributed by atoms with Crippen LogP contribution in [0.3, 0.4) is 0 Å². The number of rotatable bonds is 5. The van der Waals surface area contributed by atoms with E-state index in [9.17, 15) is 9.90 Å². The summed E-state index contributed by atoms with van der Waals surface area (Å²) < 4.78 is 10.7. The van der Waals surface area contributed by atoms with E-state index < -0.39 is 0 Å². The molecule has 3 rings (SSSR count). The van der Waals surface area contributed by atoms with E-state index in [4.69, 9.17) is 32.4 Å². The van der Waals surface area contributed by atoms with Crippen LogP contribution in [-0.2, 0) is 0 Å². The zero-order valence-electron chi connectivity index (χ0n) is 13.7. The number of ether oxygens (including phenoxy) is 1. The number of methoxy groups -OCH3 is 1. The van der Waals surface area contributed by atoms with Gasteiger partial charge in [0, 0.05) is 11.1 Å². The smallest absolute Gasteiger partial charge is 0.186 e. The molecule has 0 saturated heterocycles. The number of carbonyl (C=O) groups excluding carboxylic acids is 1. The number of phenols is 1. The molecule has 0 aliphatic carbocycles. The molecule has 0 saturated carbocycles. The fraction of sp³-hybridized carbons (Fsp3) is 0.0500. The molecule has 132 valence electrons. The zero-order valence-corrected chi connectivity index (χ0v) is 15.2. The first kappa shape index (κ1) is 18.1. The van der Waals surface area contributed by atoms with E-state index in [1.807, 2.05) is 0 Å². The molecule has 1 aromatic heterocycles. The van der Waals surface area contributed by atoms with Crippen LogP contribution in [0.15, 0.2) is 59.0 Å². The van der Waals surface area contributed by atoms with Crippen molar-refractivity contribution in [1.82, 2.24) is 0 Å². The summed E-state index contributed by atoms with van der Waals surface area (Å²) in [7, 11) is 1.42. The lowest BCUT2D eigenvalue weighted by molar-refractivity contribution is 0.104. The van der Waals surface area contributed by atoms with Gasteiger partial charge in [0.25, 0.3) is 0 Å². The molecule has 0 fully saturated rings. The number of halogens is 2. The first-order valence-electron chi connectivity index (χ1n) is 7.63. The quantitative estimate of drug-likeness (QED) is 0.438. The normalized spacial score (nSPS) is 11.0. The predicted octanol–water partition coefficient (Wildman–Crippen LogP) is 5.86. The Morgan fingerprint density at radius 1 is 1.15 bits per heavy atom. The summed E-state index contributed by atoms with van der Waals surface area (Å²) in [6.45, 7) is 0. The summed E-state index contributed by atoms with van der Waals surface area (Å²) in [5.41, 5.74) is 1.06. The molecule has 0 aliphatic heterocycles. The van der Waals surface area contributed by atoms with Gasteiger partial charge in [-0.3, -0.25) is 4.79 Å². The van der Waals surface area contributed by atoms with E-state index in [2.05, 4.69) is 0 Å². The van der Waals surface area contributed by atoms with Crippen LogP contribution in [0.4, 0.5) is 0 Å². The number of ketones is 1. The molecule has 4 nitrogen and oxygen atoms in total. The van der Waals surface area contributed by atoms with Crippen LogP contribution < -0.4 is 4.74 Å². The van der Waals surface area contributed by atoms with E-state index in [0.717, 1.165) is 0 Å². The molecule has 3 aromatic rings. The molecule has 0 amide bonds. The van der Waals surface area contributed by atoms with Gasteiger partial charge in [0.2, 0.25) is 0 Å². The van der Waals surface area contributed by atoms with E-state index in [1.165, 1.54) is 31.4 Å². The van der Waals surface area contributed by atoms with Crippen LogP contribution in [-0.4, -0.2) is 18.0 Å². The number of hydrogen-bond donors (Lipinski definition) is 1. The maximum absolute atomic E-state index is 12.3. The fourth-order valence-electron chi connectivity index (χ4n) is 2.37. The van der Waals surface area contributed by atoms with E-state index in [-0.39, 0.29) is 17.3 Å². The second-order valence-electron chi connectivity index (χ2n) is 5.39. The van der Waals surface area contributed by atoms with Crippen molar-refractivity contribution < 1.29 is 19.1 Å². The SMILES string of the molecule is COc1cc(C(=O)/C=C/c2ccc(-c3cccc(Cl)c3Cl)o2)ccc1O. The van der Waals surface area contributed by atoms with Crippen LogP contribution >= 0.6 is 23.2 Å². The maximum atomic E-state index is 12.3. The summed E-state index contributed by atoms with van der Waals surface area (Å²) in [6.07, 6.45) is 2.94. The minimum absolute atomic E-state index is 0.0258. The average molecular weight is 389 g/mol. The highest BCUT2D eigenvalue weighted by Gasteiger charge is 2.11. The van der Waals surface area contributed by atoms with Crippen molar-refractivity contribution >= 4 is 35.1 Å². The second kappa shape index (κ2) is 7.68. The van der Waals surface area contributed by atoms with Gasteiger partial charge in [-0.15, -0.1) is 0 Å². The number of benzene rings is 2. The Morgan fingerprint density at radius 3 is 2.73 bits per heavy atom. The Hall–Kier alpha value is -2.69. The third kappa shape index (κ3) is 3.77. The molecule has 0 radical (unpaired) electrons. The Morgan fingerprint density at radius 2 is 1.96 bits per heavy atom. The van der Waals surface area contributed by atoms with Gasteiger partial charge in [-0.25, -0.2) is 0 Å². The van der Waals surface area contributed by atoms with Crippen molar-refractivity contribution in [2.24, 2.45) is 0 Å². The van der Waals surface area contributed by atoms with Crippen LogP contribution in [0, 0.1) is 0 Å². The molecular weight excluding hydrogens is 375 g/mol. The Labute approximate surface area is 160 Å². The maximum Gasteiger partial charge on any atom is 0.186 e. The predicted molar refractivity (Wildman–Crippen MR) is 102 cm³/mol. The van der Waals surface area contributed by atoms with Gasteiger partial charge < -0.3 is 14.3 Å². The third-order valence-electron chi connectivity index (χ3n) is 3.71. The average Bonchev–Trinajstić information content (AvgIpc) is 3.11. The van der Waals surface area contributed by atoms with Crippen molar-refractivity contribution in [1.29, 1.82) is 0 Å². The highest BCUT2D eigenvalue weighted by molar-refractivity contribution is 6.43. The van der Waals surface area contributed by atoms with Crippen LogP contribution in [0.25, 0.3) is 17.4 Å². The molecular formula is C20H14Cl2O4. The molecule has 2 aromatic carbocycles. The molecule has 0 atom stereocenters. The Bertz CT molecular complexity index is 989. The minimum atomic E-state index is -0.248. The van der Waals surface area contributed by atoms with Crippen molar-refractivity contribution in [3.8, 4) is 22.8 Å². The van der Waals surface area contributed by atoms with Crippen molar-refractivity contribution in [3.05, 3.63) is 76.0 Å². The number of carbonyl (C=O) groups is 1. The minimum Gasteiger partial charge on any atom is -0.504 e. The van der Waals surface area contributed by atoms with Crippen LogP contribution in [0.1, 0.15) is 16.1 Å². The molecule has 0 spiro atoms. The van der Waals surface area contributed by atoms with Gasteiger partial charge in [-0.1, -0.05) is 29.3 Å². The molecule has 6 heteroatoms. The van der Waals surface area contributed by atoms with E-state index >= 15 is 0 Å².